The molecule has 0 radical (unpaired) electrons. The molecule has 1 atom stereocenters. The van der Waals surface area contributed by atoms with E-state index in [4.69, 9.17) is 0 Å². The van der Waals surface area contributed by atoms with Crippen molar-refractivity contribution < 1.29 is 13.2 Å². The molecule has 1 nitrogen and oxygen atoms in total. The number of hydrogen-bond donors (Lipinski definition) is 0. The van der Waals surface area contributed by atoms with Gasteiger partial charge in [0.05, 0.1) is 0 Å². The molecule has 1 aliphatic rings. The lowest BCUT2D eigenvalue weighted by atomic mass is 10.1. The third kappa shape index (κ3) is 4.00. The number of rotatable bonds is 1. The fraction of sp³-hybridized carbons (Fsp3) is 0.467. The summed E-state index contributed by atoms with van der Waals surface area (Å²) in [5.74, 6) is 5.03. The normalized spacial score (nSPS) is 18.5. The Kier molecular flexibility index (Phi) is 4.49. The third-order valence-electron chi connectivity index (χ3n) is 3.19. The highest BCUT2D eigenvalue weighted by Crippen LogP contribution is 2.26. The van der Waals surface area contributed by atoms with Crippen LogP contribution in [0.2, 0.25) is 0 Å². The first-order valence-electron chi connectivity index (χ1n) is 6.45. The molecule has 1 aliphatic heterocycles. The molecule has 102 valence electrons. The monoisotopic (exact) mass is 267 g/mol. The van der Waals surface area contributed by atoms with Crippen LogP contribution in [0.25, 0.3) is 0 Å². The van der Waals surface area contributed by atoms with Crippen molar-refractivity contribution in [3.63, 3.8) is 0 Å². The average Bonchev–Trinajstić information content (AvgIpc) is 2.40. The zero-order valence-electron chi connectivity index (χ0n) is 10.6. The standard InChI is InChI=1S/C15H16F3N/c16-15(17,18)14(19-11-5-2-6-12-19)10-9-13-7-3-1-4-8-13/h1,3-4,7-8,14H,2,5-6,11-12H2. The fourth-order valence-corrected chi connectivity index (χ4v) is 2.23. The van der Waals surface area contributed by atoms with E-state index in [1.807, 2.05) is 6.07 Å². The Hall–Kier alpha value is -1.47. The topological polar surface area (TPSA) is 3.24 Å². The second kappa shape index (κ2) is 6.12. The van der Waals surface area contributed by atoms with E-state index in [2.05, 4.69) is 11.8 Å². The summed E-state index contributed by atoms with van der Waals surface area (Å²) in [5.41, 5.74) is 0.619. The Morgan fingerprint density at radius 3 is 2.21 bits per heavy atom. The largest absolute Gasteiger partial charge is 0.415 e. The summed E-state index contributed by atoms with van der Waals surface area (Å²) >= 11 is 0. The molecular weight excluding hydrogens is 251 g/mol. The van der Waals surface area contributed by atoms with Gasteiger partial charge in [0.15, 0.2) is 6.04 Å². The Labute approximate surface area is 111 Å². The molecule has 1 saturated heterocycles. The highest BCUT2D eigenvalue weighted by atomic mass is 19.4. The molecule has 0 saturated carbocycles. The summed E-state index contributed by atoms with van der Waals surface area (Å²) in [7, 11) is 0. The van der Waals surface area contributed by atoms with Gasteiger partial charge < -0.3 is 0 Å². The molecule has 0 aromatic heterocycles. The average molecular weight is 267 g/mol. The van der Waals surface area contributed by atoms with E-state index in [0.29, 0.717) is 18.7 Å². The van der Waals surface area contributed by atoms with Crippen LogP contribution in [0.3, 0.4) is 0 Å². The van der Waals surface area contributed by atoms with Crippen LogP contribution in [0.5, 0.6) is 0 Å². The first-order valence-corrected chi connectivity index (χ1v) is 6.45. The number of hydrogen-bond acceptors (Lipinski definition) is 1. The molecule has 1 fully saturated rings. The van der Waals surface area contributed by atoms with Gasteiger partial charge in [-0.15, -0.1) is 0 Å². The molecule has 1 aromatic carbocycles. The highest BCUT2D eigenvalue weighted by molar-refractivity contribution is 5.35. The lowest BCUT2D eigenvalue weighted by Gasteiger charge is -2.32. The maximum Gasteiger partial charge on any atom is 0.415 e. The lowest BCUT2D eigenvalue weighted by molar-refractivity contribution is -0.169. The van der Waals surface area contributed by atoms with E-state index in [-0.39, 0.29) is 0 Å². The van der Waals surface area contributed by atoms with Gasteiger partial charge in [-0.1, -0.05) is 36.5 Å². The predicted octanol–water partition coefficient (Wildman–Crippen LogP) is 3.45. The third-order valence-corrected chi connectivity index (χ3v) is 3.19. The van der Waals surface area contributed by atoms with Crippen LogP contribution in [0.15, 0.2) is 30.3 Å². The molecule has 19 heavy (non-hydrogen) atoms. The SMILES string of the molecule is FC(F)(F)C(C#Cc1ccccc1)N1CCCCC1. The maximum absolute atomic E-state index is 13.1. The molecule has 2 rings (SSSR count). The molecular formula is C15H16F3N. The fourth-order valence-electron chi connectivity index (χ4n) is 2.23. The second-order valence-electron chi connectivity index (χ2n) is 4.68. The van der Waals surface area contributed by atoms with Gasteiger partial charge in [-0.25, -0.2) is 0 Å². The molecule has 1 unspecified atom stereocenters. The van der Waals surface area contributed by atoms with Gasteiger partial charge in [-0.05, 0) is 38.1 Å². The summed E-state index contributed by atoms with van der Waals surface area (Å²) < 4.78 is 39.2. The van der Waals surface area contributed by atoms with Crippen LogP contribution in [0.4, 0.5) is 13.2 Å². The molecule has 1 heterocycles. The van der Waals surface area contributed by atoms with Crippen LogP contribution < -0.4 is 0 Å². The molecule has 0 amide bonds. The number of alkyl halides is 3. The number of likely N-dealkylation sites (tertiary alicyclic amines) is 1. The van der Waals surface area contributed by atoms with Gasteiger partial charge in [0.25, 0.3) is 0 Å². The number of piperidine rings is 1. The quantitative estimate of drug-likeness (QED) is 0.704. The van der Waals surface area contributed by atoms with Gasteiger partial charge in [0.2, 0.25) is 0 Å². The zero-order chi connectivity index (χ0) is 13.7. The van der Waals surface area contributed by atoms with E-state index >= 15 is 0 Å². The van der Waals surface area contributed by atoms with Crippen molar-refractivity contribution in [1.82, 2.24) is 4.90 Å². The van der Waals surface area contributed by atoms with Crippen LogP contribution in [-0.4, -0.2) is 30.2 Å². The summed E-state index contributed by atoms with van der Waals surface area (Å²) in [6.07, 6.45) is -1.65. The lowest BCUT2D eigenvalue weighted by Crippen LogP contribution is -2.47. The number of halogens is 3. The van der Waals surface area contributed by atoms with Crippen LogP contribution >= 0.6 is 0 Å². The van der Waals surface area contributed by atoms with Crippen molar-refractivity contribution in [1.29, 1.82) is 0 Å². The van der Waals surface area contributed by atoms with Gasteiger partial charge >= 0.3 is 6.18 Å². The molecule has 0 aliphatic carbocycles. The molecule has 0 N–H and O–H groups in total. The van der Waals surface area contributed by atoms with E-state index in [1.165, 1.54) is 4.90 Å². The van der Waals surface area contributed by atoms with Gasteiger partial charge in [0.1, 0.15) is 0 Å². The van der Waals surface area contributed by atoms with Crippen molar-refractivity contribution in [3.8, 4) is 11.8 Å². The summed E-state index contributed by atoms with van der Waals surface area (Å²) in [5, 5.41) is 0. The van der Waals surface area contributed by atoms with Crippen LogP contribution in [-0.2, 0) is 0 Å². The van der Waals surface area contributed by atoms with Gasteiger partial charge in [-0.3, -0.25) is 4.90 Å². The molecule has 1 aromatic rings. The molecule has 4 heteroatoms. The Morgan fingerprint density at radius 1 is 1.00 bits per heavy atom. The Balaban J connectivity index is 2.17. The number of nitrogens with zero attached hydrogens (tertiary/aromatic N) is 1. The van der Waals surface area contributed by atoms with Crippen molar-refractivity contribution in [3.05, 3.63) is 35.9 Å². The van der Waals surface area contributed by atoms with E-state index in [0.717, 1.165) is 19.3 Å². The van der Waals surface area contributed by atoms with Crippen molar-refractivity contribution in [2.24, 2.45) is 0 Å². The van der Waals surface area contributed by atoms with Gasteiger partial charge in [-0.2, -0.15) is 13.2 Å². The second-order valence-corrected chi connectivity index (χ2v) is 4.68. The Bertz CT molecular complexity index is 450. The minimum absolute atomic E-state index is 0.480. The van der Waals surface area contributed by atoms with Crippen molar-refractivity contribution in [2.75, 3.05) is 13.1 Å². The predicted molar refractivity (Wildman–Crippen MR) is 68.6 cm³/mol. The molecule has 0 spiro atoms. The van der Waals surface area contributed by atoms with Crippen molar-refractivity contribution in [2.45, 2.75) is 31.5 Å². The van der Waals surface area contributed by atoms with Gasteiger partial charge in [0, 0.05) is 5.56 Å². The summed E-state index contributed by atoms with van der Waals surface area (Å²) in [6.45, 7) is 0.960. The first-order chi connectivity index (χ1) is 9.07. The van der Waals surface area contributed by atoms with E-state index < -0.39 is 12.2 Å². The van der Waals surface area contributed by atoms with Crippen LogP contribution in [0.1, 0.15) is 24.8 Å². The minimum atomic E-state index is -4.29. The Morgan fingerprint density at radius 2 is 1.63 bits per heavy atom. The maximum atomic E-state index is 13.1. The smallest absolute Gasteiger partial charge is 0.282 e. The zero-order valence-corrected chi connectivity index (χ0v) is 10.6. The molecule has 0 bridgehead atoms. The summed E-state index contributed by atoms with van der Waals surface area (Å²) in [6, 6.07) is 7.15. The highest BCUT2D eigenvalue weighted by Gasteiger charge is 2.42. The summed E-state index contributed by atoms with van der Waals surface area (Å²) in [4.78, 5) is 1.44. The number of benzene rings is 1. The minimum Gasteiger partial charge on any atom is -0.282 e. The van der Waals surface area contributed by atoms with E-state index in [1.54, 1.807) is 24.3 Å². The first kappa shape index (κ1) is 14.0. The van der Waals surface area contributed by atoms with Crippen molar-refractivity contribution >= 4 is 0 Å². The van der Waals surface area contributed by atoms with E-state index in [9.17, 15) is 13.2 Å². The van der Waals surface area contributed by atoms with Crippen LogP contribution in [0, 0.1) is 11.8 Å².